The van der Waals surface area contributed by atoms with E-state index >= 15 is 0 Å². The van der Waals surface area contributed by atoms with E-state index in [9.17, 15) is 8.42 Å². The maximum Gasteiger partial charge on any atom is 0.397 e. The van der Waals surface area contributed by atoms with E-state index in [1.165, 1.54) is 19.3 Å². The Labute approximate surface area is 148 Å². The third-order valence-corrected chi connectivity index (χ3v) is 2.70. The SMILES string of the molecule is C=C.CCCCCCCCOS(=O)(=O)O.CCOCC.OCCO. The van der Waals surface area contributed by atoms with E-state index in [0.29, 0.717) is 6.42 Å². The Morgan fingerprint density at radius 1 is 0.833 bits per heavy atom. The molecule has 7 nitrogen and oxygen atoms in total. The Morgan fingerprint density at radius 2 is 1.25 bits per heavy atom. The molecule has 0 bridgehead atoms. The topological polar surface area (TPSA) is 113 Å². The van der Waals surface area contributed by atoms with Gasteiger partial charge in [0.25, 0.3) is 0 Å². The molecule has 0 heterocycles. The van der Waals surface area contributed by atoms with Crippen LogP contribution in [-0.2, 0) is 19.3 Å². The molecule has 0 spiro atoms. The van der Waals surface area contributed by atoms with Crippen LogP contribution in [0, 0.1) is 0 Å². The zero-order chi connectivity index (χ0) is 19.7. The van der Waals surface area contributed by atoms with Gasteiger partial charge in [-0.15, -0.1) is 13.2 Å². The largest absolute Gasteiger partial charge is 0.397 e. The molecule has 0 rings (SSSR count). The summed E-state index contributed by atoms with van der Waals surface area (Å²) >= 11 is 0. The molecular weight excluding hydrogens is 336 g/mol. The highest BCUT2D eigenvalue weighted by molar-refractivity contribution is 7.80. The van der Waals surface area contributed by atoms with Crippen LogP contribution in [0.25, 0.3) is 0 Å². The van der Waals surface area contributed by atoms with Gasteiger partial charge in [0.1, 0.15) is 0 Å². The molecule has 0 radical (unpaired) electrons. The number of hydrogen-bond donors (Lipinski definition) is 3. The Hall–Kier alpha value is -0.510. The summed E-state index contributed by atoms with van der Waals surface area (Å²) in [6.45, 7) is 13.6. The lowest BCUT2D eigenvalue weighted by Gasteiger charge is -2.00. The molecule has 150 valence electrons. The highest BCUT2D eigenvalue weighted by Gasteiger charge is 2.02. The first kappa shape index (κ1) is 31.3. The normalized spacial score (nSPS) is 9.58. The molecule has 0 aromatic rings. The smallest absolute Gasteiger partial charge is 0.394 e. The lowest BCUT2D eigenvalue weighted by Crippen LogP contribution is -2.04. The molecule has 0 aromatic heterocycles. The van der Waals surface area contributed by atoms with Crippen molar-refractivity contribution in [2.45, 2.75) is 59.3 Å². The highest BCUT2D eigenvalue weighted by atomic mass is 32.3. The van der Waals surface area contributed by atoms with Crippen LogP contribution in [-0.4, -0.2) is 56.2 Å². The van der Waals surface area contributed by atoms with Crippen LogP contribution in [0.15, 0.2) is 13.2 Å². The Morgan fingerprint density at radius 3 is 1.54 bits per heavy atom. The molecule has 0 saturated heterocycles. The summed E-state index contributed by atoms with van der Waals surface area (Å²) in [4.78, 5) is 0. The van der Waals surface area contributed by atoms with Crippen molar-refractivity contribution < 1.29 is 32.1 Å². The van der Waals surface area contributed by atoms with E-state index in [2.05, 4.69) is 24.3 Å². The van der Waals surface area contributed by atoms with Crippen molar-refractivity contribution >= 4 is 10.4 Å². The van der Waals surface area contributed by atoms with Crippen molar-refractivity contribution in [3.05, 3.63) is 13.2 Å². The van der Waals surface area contributed by atoms with Gasteiger partial charge in [-0.25, -0.2) is 4.18 Å². The Kier molecular flexibility index (Phi) is 39.6. The van der Waals surface area contributed by atoms with Crippen molar-refractivity contribution in [1.29, 1.82) is 0 Å². The monoisotopic (exact) mass is 374 g/mol. The van der Waals surface area contributed by atoms with E-state index in [-0.39, 0.29) is 19.8 Å². The van der Waals surface area contributed by atoms with E-state index in [1.54, 1.807) is 0 Å². The average Bonchev–Trinajstić information content (AvgIpc) is 2.56. The first-order valence-corrected chi connectivity index (χ1v) is 9.67. The minimum absolute atomic E-state index is 0.0883. The van der Waals surface area contributed by atoms with Crippen LogP contribution in [0.1, 0.15) is 59.3 Å². The summed E-state index contributed by atoms with van der Waals surface area (Å²) in [5, 5.41) is 15.2. The standard InChI is InChI=1S/C8H18O4S.C4H10O.C2H6O2.C2H4/c1-2-3-4-5-6-7-8-12-13(9,10)11;1-3-5-4-2;3-1-2-4;1-2/h2-8H2,1H3,(H,9,10,11);3-4H2,1-2H3;3-4H,1-2H2;1-2H2. The van der Waals surface area contributed by atoms with Crippen LogP contribution in [0.5, 0.6) is 0 Å². The van der Waals surface area contributed by atoms with Crippen LogP contribution in [0.3, 0.4) is 0 Å². The number of rotatable bonds is 11. The van der Waals surface area contributed by atoms with Gasteiger partial charge in [0.2, 0.25) is 0 Å². The zero-order valence-electron chi connectivity index (χ0n) is 15.6. The van der Waals surface area contributed by atoms with Gasteiger partial charge in [-0.1, -0.05) is 39.0 Å². The first-order valence-electron chi connectivity index (χ1n) is 8.30. The maximum atomic E-state index is 10.1. The van der Waals surface area contributed by atoms with Gasteiger partial charge in [0, 0.05) is 13.2 Å². The quantitative estimate of drug-likeness (QED) is 0.289. The molecule has 0 unspecified atom stereocenters. The first-order chi connectivity index (χ1) is 11.4. The van der Waals surface area contributed by atoms with Gasteiger partial charge in [0.05, 0.1) is 19.8 Å². The number of unbranched alkanes of at least 4 members (excludes halogenated alkanes) is 5. The van der Waals surface area contributed by atoms with Crippen molar-refractivity contribution in [2.24, 2.45) is 0 Å². The van der Waals surface area contributed by atoms with Crippen molar-refractivity contribution in [1.82, 2.24) is 0 Å². The second kappa shape index (κ2) is 30.4. The minimum Gasteiger partial charge on any atom is -0.394 e. The minimum atomic E-state index is -4.22. The molecule has 0 aromatic carbocycles. The third-order valence-electron chi connectivity index (χ3n) is 2.24. The summed E-state index contributed by atoms with van der Waals surface area (Å²) < 4.78 is 37.4. The van der Waals surface area contributed by atoms with E-state index in [1.807, 2.05) is 13.8 Å². The number of aliphatic hydroxyl groups excluding tert-OH is 2. The lowest BCUT2D eigenvalue weighted by atomic mass is 10.1. The predicted octanol–water partition coefficient (Wildman–Crippen LogP) is 2.98. The average molecular weight is 375 g/mol. The molecule has 8 heteroatoms. The Bertz CT molecular complexity index is 278. The number of aliphatic hydroxyl groups is 2. The van der Waals surface area contributed by atoms with E-state index < -0.39 is 10.4 Å². The zero-order valence-corrected chi connectivity index (χ0v) is 16.4. The van der Waals surface area contributed by atoms with Gasteiger partial charge in [0.15, 0.2) is 0 Å². The highest BCUT2D eigenvalue weighted by Crippen LogP contribution is 2.05. The van der Waals surface area contributed by atoms with Gasteiger partial charge in [-0.2, -0.15) is 8.42 Å². The van der Waals surface area contributed by atoms with Gasteiger partial charge >= 0.3 is 10.4 Å². The molecule has 0 saturated carbocycles. The summed E-state index contributed by atoms with van der Waals surface area (Å²) in [7, 11) is -4.22. The van der Waals surface area contributed by atoms with Gasteiger partial charge in [-0.05, 0) is 20.3 Å². The summed E-state index contributed by atoms with van der Waals surface area (Å²) in [6, 6.07) is 0. The molecule has 0 aliphatic carbocycles. The molecule has 0 fully saturated rings. The molecule has 0 amide bonds. The fourth-order valence-corrected chi connectivity index (χ4v) is 1.58. The molecule has 3 N–H and O–H groups in total. The van der Waals surface area contributed by atoms with Crippen LogP contribution >= 0.6 is 0 Å². The van der Waals surface area contributed by atoms with Crippen LogP contribution in [0.2, 0.25) is 0 Å². The molecule has 0 aliphatic rings. The third kappa shape index (κ3) is 57.8. The second-order valence-electron chi connectivity index (χ2n) is 4.25. The summed E-state index contributed by atoms with van der Waals surface area (Å²) in [5.41, 5.74) is 0. The Balaban J connectivity index is -0.000000150. The van der Waals surface area contributed by atoms with E-state index in [4.69, 9.17) is 19.5 Å². The summed E-state index contributed by atoms with van der Waals surface area (Å²) in [6.07, 6.45) is 6.34. The number of hydrogen-bond acceptors (Lipinski definition) is 6. The van der Waals surface area contributed by atoms with Crippen LogP contribution in [0.4, 0.5) is 0 Å². The van der Waals surface area contributed by atoms with Crippen molar-refractivity contribution in [3.8, 4) is 0 Å². The second-order valence-corrected chi connectivity index (χ2v) is 5.34. The molecule has 24 heavy (non-hydrogen) atoms. The van der Waals surface area contributed by atoms with Gasteiger partial charge in [-0.3, -0.25) is 4.55 Å². The predicted molar refractivity (Wildman–Crippen MR) is 98.5 cm³/mol. The van der Waals surface area contributed by atoms with Gasteiger partial charge < -0.3 is 14.9 Å². The van der Waals surface area contributed by atoms with E-state index in [0.717, 1.165) is 26.1 Å². The molecule has 0 aliphatic heterocycles. The fraction of sp³-hybridized carbons (Fsp3) is 0.875. The maximum absolute atomic E-state index is 10.1. The summed E-state index contributed by atoms with van der Waals surface area (Å²) in [5.74, 6) is 0. The number of ether oxygens (including phenoxy) is 1. The fourth-order valence-electron chi connectivity index (χ4n) is 1.25. The van der Waals surface area contributed by atoms with Crippen molar-refractivity contribution in [3.63, 3.8) is 0 Å². The van der Waals surface area contributed by atoms with Crippen LogP contribution < -0.4 is 0 Å². The molecular formula is C16H38O7S. The lowest BCUT2D eigenvalue weighted by molar-refractivity contribution is 0.162. The van der Waals surface area contributed by atoms with Crippen molar-refractivity contribution in [2.75, 3.05) is 33.0 Å². The molecule has 0 atom stereocenters.